The van der Waals surface area contributed by atoms with Crippen molar-refractivity contribution in [1.82, 2.24) is 19.9 Å². The second-order valence-corrected chi connectivity index (χ2v) is 7.00. The molecular formula is C22H22FN4O2. The van der Waals surface area contributed by atoms with Gasteiger partial charge in [0.25, 0.3) is 5.91 Å². The summed E-state index contributed by atoms with van der Waals surface area (Å²) in [5, 5.41) is 8.04. The number of aromatic nitrogens is 3. The highest BCUT2D eigenvalue weighted by Gasteiger charge is 2.27. The van der Waals surface area contributed by atoms with E-state index in [-0.39, 0.29) is 17.6 Å². The molecule has 0 N–H and O–H groups in total. The SMILES string of the molecule is O=C(c1ccc(OC[CH]Cn2nccn2)cc1)N1CC[C@H](c2ccc(F)cc2)C1. The van der Waals surface area contributed by atoms with Crippen LogP contribution in [0.5, 0.6) is 5.75 Å². The van der Waals surface area contributed by atoms with E-state index in [9.17, 15) is 9.18 Å². The molecule has 0 aliphatic carbocycles. The van der Waals surface area contributed by atoms with E-state index in [0.29, 0.717) is 37.6 Å². The molecule has 1 fully saturated rings. The fourth-order valence-electron chi connectivity index (χ4n) is 3.49. The maximum Gasteiger partial charge on any atom is 0.253 e. The standard InChI is InChI=1S/C22H22FN4O2/c23-20-6-2-17(3-7-20)19-10-14-26(16-19)22(28)18-4-8-21(9-5-18)29-15-1-13-27-24-11-12-25-27/h1-9,11-12,19H,10,13-16H2/t19-/m0/s1. The molecule has 1 aliphatic heterocycles. The first kappa shape index (κ1) is 19.1. The largest absolute Gasteiger partial charge is 0.493 e. The van der Waals surface area contributed by atoms with Crippen LogP contribution in [-0.4, -0.2) is 45.5 Å². The van der Waals surface area contributed by atoms with Crippen molar-refractivity contribution in [3.05, 3.63) is 84.3 Å². The average Bonchev–Trinajstić information content (AvgIpc) is 3.44. The Morgan fingerprint density at radius 3 is 2.55 bits per heavy atom. The van der Waals surface area contributed by atoms with Crippen LogP contribution < -0.4 is 4.74 Å². The van der Waals surface area contributed by atoms with Gasteiger partial charge in [-0.05, 0) is 48.4 Å². The van der Waals surface area contributed by atoms with Crippen LogP contribution in [0.1, 0.15) is 28.3 Å². The van der Waals surface area contributed by atoms with Crippen molar-refractivity contribution >= 4 is 5.91 Å². The van der Waals surface area contributed by atoms with E-state index in [4.69, 9.17) is 4.74 Å². The molecule has 1 aromatic heterocycles. The van der Waals surface area contributed by atoms with Gasteiger partial charge in [-0.15, -0.1) is 0 Å². The predicted molar refractivity (Wildman–Crippen MR) is 106 cm³/mol. The lowest BCUT2D eigenvalue weighted by molar-refractivity contribution is 0.0790. The van der Waals surface area contributed by atoms with Crippen LogP contribution in [0.4, 0.5) is 4.39 Å². The highest BCUT2D eigenvalue weighted by molar-refractivity contribution is 5.94. The van der Waals surface area contributed by atoms with Gasteiger partial charge in [0, 0.05) is 31.0 Å². The molecule has 1 aliphatic rings. The van der Waals surface area contributed by atoms with Crippen LogP contribution in [0.3, 0.4) is 0 Å². The first-order valence-electron chi connectivity index (χ1n) is 9.62. The maximum atomic E-state index is 13.1. The van der Waals surface area contributed by atoms with Crippen LogP contribution in [0, 0.1) is 12.2 Å². The van der Waals surface area contributed by atoms with Gasteiger partial charge >= 0.3 is 0 Å². The van der Waals surface area contributed by atoms with Crippen LogP contribution in [0.2, 0.25) is 0 Å². The molecule has 1 saturated heterocycles. The number of carbonyl (C=O) groups excluding carboxylic acids is 1. The van der Waals surface area contributed by atoms with Gasteiger partial charge < -0.3 is 9.64 Å². The predicted octanol–water partition coefficient (Wildman–Crippen LogP) is 3.33. The molecule has 0 saturated carbocycles. The number of hydrogen-bond acceptors (Lipinski definition) is 4. The molecule has 1 radical (unpaired) electrons. The number of amides is 1. The molecule has 2 heterocycles. The first-order chi connectivity index (χ1) is 14.2. The molecule has 149 valence electrons. The summed E-state index contributed by atoms with van der Waals surface area (Å²) in [7, 11) is 0. The quantitative estimate of drug-likeness (QED) is 0.578. The zero-order valence-electron chi connectivity index (χ0n) is 15.9. The number of nitrogens with zero attached hydrogens (tertiary/aromatic N) is 4. The van der Waals surface area contributed by atoms with E-state index in [2.05, 4.69) is 10.2 Å². The van der Waals surface area contributed by atoms with Gasteiger partial charge in [0.1, 0.15) is 11.6 Å². The van der Waals surface area contributed by atoms with Crippen LogP contribution >= 0.6 is 0 Å². The minimum Gasteiger partial charge on any atom is -0.493 e. The Morgan fingerprint density at radius 1 is 1.10 bits per heavy atom. The van der Waals surface area contributed by atoms with Crippen molar-refractivity contribution in [2.45, 2.75) is 18.9 Å². The molecule has 0 spiro atoms. The first-order valence-corrected chi connectivity index (χ1v) is 9.62. The minimum atomic E-state index is -0.238. The number of halogens is 1. The topological polar surface area (TPSA) is 60.3 Å². The highest BCUT2D eigenvalue weighted by Crippen LogP contribution is 2.28. The Morgan fingerprint density at radius 2 is 1.83 bits per heavy atom. The van der Waals surface area contributed by atoms with Gasteiger partial charge in [-0.3, -0.25) is 4.79 Å². The Hall–Kier alpha value is -3.22. The van der Waals surface area contributed by atoms with Crippen molar-refractivity contribution in [2.24, 2.45) is 0 Å². The van der Waals surface area contributed by atoms with E-state index in [0.717, 1.165) is 12.0 Å². The summed E-state index contributed by atoms with van der Waals surface area (Å²) >= 11 is 0. The van der Waals surface area contributed by atoms with E-state index < -0.39 is 0 Å². The third kappa shape index (κ3) is 4.80. The molecule has 4 rings (SSSR count). The number of hydrogen-bond donors (Lipinski definition) is 0. The average molecular weight is 393 g/mol. The Labute approximate surface area is 168 Å². The molecule has 6 nitrogen and oxygen atoms in total. The van der Waals surface area contributed by atoms with Gasteiger partial charge in [-0.25, -0.2) is 4.39 Å². The third-order valence-corrected chi connectivity index (χ3v) is 5.04. The third-order valence-electron chi connectivity index (χ3n) is 5.04. The van der Waals surface area contributed by atoms with E-state index in [1.165, 1.54) is 12.1 Å². The summed E-state index contributed by atoms with van der Waals surface area (Å²) in [4.78, 5) is 16.2. The number of likely N-dealkylation sites (tertiary alicyclic amines) is 1. The number of rotatable bonds is 7. The highest BCUT2D eigenvalue weighted by atomic mass is 19.1. The maximum absolute atomic E-state index is 13.1. The van der Waals surface area contributed by atoms with E-state index in [1.54, 1.807) is 53.6 Å². The second-order valence-electron chi connectivity index (χ2n) is 7.00. The summed E-state index contributed by atoms with van der Waals surface area (Å²) in [5.41, 5.74) is 1.72. The number of benzene rings is 2. The fraction of sp³-hybridized carbons (Fsp3) is 0.273. The molecule has 0 bridgehead atoms. The van der Waals surface area contributed by atoms with Crippen molar-refractivity contribution in [3.63, 3.8) is 0 Å². The molecular weight excluding hydrogens is 371 g/mol. The van der Waals surface area contributed by atoms with Crippen LogP contribution in [0.25, 0.3) is 0 Å². The number of carbonyl (C=O) groups is 1. The summed E-state index contributed by atoms with van der Waals surface area (Å²) in [5.74, 6) is 0.730. The van der Waals surface area contributed by atoms with Gasteiger partial charge in [0.05, 0.1) is 25.5 Å². The van der Waals surface area contributed by atoms with E-state index in [1.807, 2.05) is 11.3 Å². The minimum absolute atomic E-state index is 0.0116. The van der Waals surface area contributed by atoms with E-state index >= 15 is 0 Å². The normalized spacial score (nSPS) is 16.2. The summed E-state index contributed by atoms with van der Waals surface area (Å²) in [6.45, 7) is 2.36. The molecule has 3 aromatic rings. The van der Waals surface area contributed by atoms with Crippen molar-refractivity contribution in [3.8, 4) is 5.75 Å². The molecule has 1 amide bonds. The van der Waals surface area contributed by atoms with Crippen LogP contribution in [-0.2, 0) is 6.54 Å². The molecule has 7 heteroatoms. The zero-order chi connectivity index (χ0) is 20.1. The zero-order valence-corrected chi connectivity index (χ0v) is 15.9. The van der Waals surface area contributed by atoms with Gasteiger partial charge in [0.15, 0.2) is 0 Å². The lowest BCUT2D eigenvalue weighted by atomic mass is 9.99. The Balaban J connectivity index is 1.27. The Kier molecular flexibility index (Phi) is 5.84. The fourth-order valence-corrected chi connectivity index (χ4v) is 3.49. The van der Waals surface area contributed by atoms with Crippen LogP contribution in [0.15, 0.2) is 60.9 Å². The molecule has 2 aromatic carbocycles. The van der Waals surface area contributed by atoms with Gasteiger partial charge in [-0.2, -0.15) is 15.0 Å². The number of ether oxygens (including phenoxy) is 1. The second kappa shape index (κ2) is 8.86. The lowest BCUT2D eigenvalue weighted by Crippen LogP contribution is -2.28. The molecule has 0 unspecified atom stereocenters. The van der Waals surface area contributed by atoms with Gasteiger partial charge in [0.2, 0.25) is 0 Å². The van der Waals surface area contributed by atoms with Crippen molar-refractivity contribution in [1.29, 1.82) is 0 Å². The Bertz CT molecular complexity index is 926. The summed E-state index contributed by atoms with van der Waals surface area (Å²) in [6.07, 6.45) is 6.08. The molecule has 29 heavy (non-hydrogen) atoms. The summed E-state index contributed by atoms with van der Waals surface area (Å²) < 4.78 is 18.8. The summed E-state index contributed by atoms with van der Waals surface area (Å²) in [6, 6.07) is 13.7. The van der Waals surface area contributed by atoms with Crippen molar-refractivity contribution in [2.75, 3.05) is 19.7 Å². The smallest absolute Gasteiger partial charge is 0.253 e. The van der Waals surface area contributed by atoms with Crippen molar-refractivity contribution < 1.29 is 13.9 Å². The monoisotopic (exact) mass is 393 g/mol. The van der Waals surface area contributed by atoms with Gasteiger partial charge in [-0.1, -0.05) is 12.1 Å². The lowest BCUT2D eigenvalue weighted by Gasteiger charge is -2.17. The molecule has 1 atom stereocenters.